The maximum atomic E-state index is 11.9. The average Bonchev–Trinajstić information content (AvgIpc) is 2.58. The van der Waals surface area contributed by atoms with Crippen molar-refractivity contribution >= 4 is 23.5 Å². The molecule has 0 saturated carbocycles. The predicted octanol–water partition coefficient (Wildman–Crippen LogP) is 2.20. The zero-order chi connectivity index (χ0) is 18.8. The van der Waals surface area contributed by atoms with Crippen molar-refractivity contribution in [1.82, 2.24) is 16.0 Å². The van der Waals surface area contributed by atoms with Crippen molar-refractivity contribution in [3.05, 3.63) is 23.8 Å². The minimum absolute atomic E-state index is 0.220. The van der Waals surface area contributed by atoms with Crippen molar-refractivity contribution in [3.8, 4) is 11.5 Å². The largest absolute Gasteiger partial charge is 0.493 e. The van der Waals surface area contributed by atoms with E-state index in [-0.39, 0.29) is 18.0 Å². The Hall–Kier alpha value is -2.15. The van der Waals surface area contributed by atoms with E-state index in [1.807, 2.05) is 32.0 Å². The highest BCUT2D eigenvalue weighted by atomic mass is 35.5. The monoisotopic (exact) mass is 371 g/mol. The number of hydrogen-bond acceptors (Lipinski definition) is 4. The highest BCUT2D eigenvalue weighted by molar-refractivity contribution is 6.30. The first-order chi connectivity index (χ1) is 11.9. The van der Waals surface area contributed by atoms with Gasteiger partial charge in [0.25, 0.3) is 0 Å². The lowest BCUT2D eigenvalue weighted by Gasteiger charge is -2.17. The number of halogens is 1. The fraction of sp³-hybridized carbons (Fsp3) is 0.529. The summed E-state index contributed by atoms with van der Waals surface area (Å²) in [5, 5.41) is 7.52. The molecule has 0 aliphatic carbocycles. The van der Waals surface area contributed by atoms with E-state index in [9.17, 15) is 9.59 Å². The molecule has 3 N–H and O–H groups in total. The van der Waals surface area contributed by atoms with E-state index >= 15 is 0 Å². The molecule has 0 radical (unpaired) electrons. The van der Waals surface area contributed by atoms with Gasteiger partial charge in [0.15, 0.2) is 11.5 Å². The zero-order valence-corrected chi connectivity index (χ0v) is 15.8. The molecule has 7 nitrogen and oxygen atoms in total. The highest BCUT2D eigenvalue weighted by Crippen LogP contribution is 2.30. The van der Waals surface area contributed by atoms with Crippen molar-refractivity contribution in [2.75, 3.05) is 26.8 Å². The number of amides is 3. The molecule has 0 aliphatic heterocycles. The molecule has 0 aliphatic rings. The van der Waals surface area contributed by atoms with Crippen LogP contribution in [0.5, 0.6) is 11.5 Å². The molecular formula is C17H26ClN3O4. The van der Waals surface area contributed by atoms with Gasteiger partial charge in [0, 0.05) is 13.1 Å². The van der Waals surface area contributed by atoms with E-state index in [4.69, 9.17) is 21.1 Å². The Balaban J connectivity index is 2.48. The van der Waals surface area contributed by atoms with Gasteiger partial charge < -0.3 is 25.4 Å². The molecule has 140 valence electrons. The second kappa shape index (κ2) is 10.7. The van der Waals surface area contributed by atoms with Crippen LogP contribution in [-0.4, -0.2) is 44.1 Å². The Morgan fingerprint density at radius 3 is 2.44 bits per heavy atom. The van der Waals surface area contributed by atoms with Gasteiger partial charge in [-0.15, -0.1) is 11.6 Å². The van der Waals surface area contributed by atoms with Crippen molar-refractivity contribution in [2.24, 2.45) is 0 Å². The number of urea groups is 1. The Bertz CT molecular complexity index is 581. The molecule has 0 saturated heterocycles. The van der Waals surface area contributed by atoms with Crippen LogP contribution < -0.4 is 25.4 Å². The molecule has 3 amide bonds. The summed E-state index contributed by atoms with van der Waals surface area (Å²) in [4.78, 5) is 23.2. The summed E-state index contributed by atoms with van der Waals surface area (Å²) in [6.07, 6.45) is 0. The van der Waals surface area contributed by atoms with Gasteiger partial charge in [-0.1, -0.05) is 6.07 Å². The fourth-order valence-corrected chi connectivity index (χ4v) is 2.14. The number of methoxy groups -OCH3 is 1. The van der Waals surface area contributed by atoms with Crippen LogP contribution in [0, 0.1) is 0 Å². The highest BCUT2D eigenvalue weighted by Gasteiger charge is 2.13. The number of carbonyl (C=O) groups is 2. The predicted molar refractivity (Wildman–Crippen MR) is 97.4 cm³/mol. The number of benzene rings is 1. The minimum Gasteiger partial charge on any atom is -0.493 e. The van der Waals surface area contributed by atoms with Crippen molar-refractivity contribution < 1.29 is 19.1 Å². The van der Waals surface area contributed by atoms with Crippen LogP contribution in [0.1, 0.15) is 32.4 Å². The van der Waals surface area contributed by atoms with Gasteiger partial charge in [0.2, 0.25) is 5.91 Å². The van der Waals surface area contributed by atoms with Gasteiger partial charge in [-0.25, -0.2) is 4.79 Å². The third kappa shape index (κ3) is 7.09. The Labute approximate surface area is 153 Å². The number of carbonyl (C=O) groups excluding carboxylic acids is 2. The molecular weight excluding hydrogens is 346 g/mol. The van der Waals surface area contributed by atoms with Gasteiger partial charge in [-0.3, -0.25) is 4.79 Å². The molecule has 2 atom stereocenters. The summed E-state index contributed by atoms with van der Waals surface area (Å²) >= 11 is 5.63. The molecule has 25 heavy (non-hydrogen) atoms. The topological polar surface area (TPSA) is 88.7 Å². The van der Waals surface area contributed by atoms with Crippen LogP contribution in [0.25, 0.3) is 0 Å². The van der Waals surface area contributed by atoms with Crippen LogP contribution in [-0.2, 0) is 4.79 Å². The average molecular weight is 372 g/mol. The molecule has 1 aromatic carbocycles. The fourth-order valence-electron chi connectivity index (χ4n) is 2.06. The molecule has 0 heterocycles. The summed E-state index contributed by atoms with van der Waals surface area (Å²) < 4.78 is 10.8. The first-order valence-corrected chi connectivity index (χ1v) is 8.59. The van der Waals surface area contributed by atoms with Crippen molar-refractivity contribution in [2.45, 2.75) is 32.2 Å². The third-order valence-corrected chi connectivity index (χ3v) is 3.60. The number of hydrogen-bond donors (Lipinski definition) is 3. The second-order valence-corrected chi connectivity index (χ2v) is 6.03. The van der Waals surface area contributed by atoms with Gasteiger partial charge in [-0.05, 0) is 38.5 Å². The molecule has 8 heteroatoms. The molecule has 0 aromatic heterocycles. The van der Waals surface area contributed by atoms with E-state index in [1.54, 1.807) is 14.0 Å². The first-order valence-electron chi connectivity index (χ1n) is 8.15. The van der Waals surface area contributed by atoms with E-state index in [0.717, 1.165) is 5.56 Å². The first kappa shape index (κ1) is 20.9. The maximum Gasteiger partial charge on any atom is 0.315 e. The van der Waals surface area contributed by atoms with E-state index < -0.39 is 5.38 Å². The summed E-state index contributed by atoms with van der Waals surface area (Å²) in [5.74, 6) is 1.01. The van der Waals surface area contributed by atoms with Crippen LogP contribution in [0.3, 0.4) is 0 Å². The summed E-state index contributed by atoms with van der Waals surface area (Å²) in [6, 6.07) is 4.98. The van der Waals surface area contributed by atoms with E-state index in [0.29, 0.717) is 31.2 Å². The lowest BCUT2D eigenvalue weighted by Crippen LogP contribution is -2.42. The Kier molecular flexibility index (Phi) is 8.91. The van der Waals surface area contributed by atoms with Crippen LogP contribution in [0.2, 0.25) is 0 Å². The van der Waals surface area contributed by atoms with E-state index in [2.05, 4.69) is 16.0 Å². The standard InChI is InChI=1S/C17H26ClN3O4/c1-5-25-14-7-6-13(10-15(14)24-4)12(3)21-17(23)20-9-8-19-16(22)11(2)18/h6-7,10-12H,5,8-9H2,1-4H3,(H,19,22)(H2,20,21,23). The smallest absolute Gasteiger partial charge is 0.315 e. The number of nitrogens with one attached hydrogen (secondary N) is 3. The lowest BCUT2D eigenvalue weighted by atomic mass is 10.1. The van der Waals surface area contributed by atoms with Crippen LogP contribution >= 0.6 is 11.6 Å². The normalized spacial score (nSPS) is 12.7. The Morgan fingerprint density at radius 1 is 1.16 bits per heavy atom. The molecule has 2 unspecified atom stereocenters. The molecule has 1 rings (SSSR count). The maximum absolute atomic E-state index is 11.9. The summed E-state index contributed by atoms with van der Waals surface area (Å²) in [7, 11) is 1.57. The summed E-state index contributed by atoms with van der Waals surface area (Å²) in [5.41, 5.74) is 0.889. The van der Waals surface area contributed by atoms with Gasteiger partial charge in [-0.2, -0.15) is 0 Å². The van der Waals surface area contributed by atoms with E-state index in [1.165, 1.54) is 0 Å². The van der Waals surface area contributed by atoms with Gasteiger partial charge in [0.05, 0.1) is 19.8 Å². The minimum atomic E-state index is -0.594. The number of alkyl halides is 1. The Morgan fingerprint density at radius 2 is 1.84 bits per heavy atom. The molecule has 0 fully saturated rings. The number of ether oxygens (including phenoxy) is 2. The SMILES string of the molecule is CCOc1ccc(C(C)NC(=O)NCCNC(=O)C(C)Cl)cc1OC. The summed E-state index contributed by atoms with van der Waals surface area (Å²) in [6.45, 7) is 6.52. The van der Waals surface area contributed by atoms with Crippen molar-refractivity contribution in [3.63, 3.8) is 0 Å². The van der Waals surface area contributed by atoms with Gasteiger partial charge >= 0.3 is 6.03 Å². The number of rotatable bonds is 9. The molecule has 0 bridgehead atoms. The molecule has 0 spiro atoms. The third-order valence-electron chi connectivity index (χ3n) is 3.41. The van der Waals surface area contributed by atoms with Crippen LogP contribution in [0.15, 0.2) is 18.2 Å². The van der Waals surface area contributed by atoms with Gasteiger partial charge in [0.1, 0.15) is 5.38 Å². The second-order valence-electron chi connectivity index (χ2n) is 5.37. The molecule has 1 aromatic rings. The van der Waals surface area contributed by atoms with Crippen LogP contribution in [0.4, 0.5) is 4.79 Å². The quantitative estimate of drug-likeness (QED) is 0.458. The van der Waals surface area contributed by atoms with Crippen molar-refractivity contribution in [1.29, 1.82) is 0 Å². The zero-order valence-electron chi connectivity index (χ0n) is 15.0. The lowest BCUT2D eigenvalue weighted by molar-refractivity contribution is -0.120.